The van der Waals surface area contributed by atoms with Crippen molar-refractivity contribution >= 4 is 5.91 Å². The van der Waals surface area contributed by atoms with E-state index in [4.69, 9.17) is 0 Å². The number of carbonyl (C=O) groups excluding carboxylic acids is 1. The minimum absolute atomic E-state index is 0.265. The van der Waals surface area contributed by atoms with E-state index in [9.17, 15) is 4.79 Å². The molecule has 2 aliphatic rings. The van der Waals surface area contributed by atoms with Crippen LogP contribution >= 0.6 is 0 Å². The van der Waals surface area contributed by atoms with Gasteiger partial charge in [0.1, 0.15) is 0 Å². The highest BCUT2D eigenvalue weighted by molar-refractivity contribution is 5.77. The lowest BCUT2D eigenvalue weighted by Gasteiger charge is -2.43. The van der Waals surface area contributed by atoms with Gasteiger partial charge in [-0.05, 0) is 37.0 Å². The Bertz CT molecular complexity index is 222. The van der Waals surface area contributed by atoms with Crippen LogP contribution in [0.1, 0.15) is 46.0 Å². The second-order valence-corrected chi connectivity index (χ2v) is 5.38. The molecule has 0 aromatic heterocycles. The highest BCUT2D eigenvalue weighted by atomic mass is 16.1. The standard InChI is InChI=1S/C11H19NO/c1-11(2)6-5-9-8(7-11)3-4-10(13)12-9/h8-9H,3-7H2,1-2H3,(H,12,13)/t8-,9-/m0/s1. The third-order valence-electron chi connectivity index (χ3n) is 3.60. The molecule has 1 amide bonds. The second-order valence-electron chi connectivity index (χ2n) is 5.38. The predicted octanol–water partition coefficient (Wildman–Crippen LogP) is 2.09. The maximum Gasteiger partial charge on any atom is 0.220 e. The Balaban J connectivity index is 2.02. The fourth-order valence-corrected chi connectivity index (χ4v) is 2.82. The molecule has 2 rings (SSSR count). The van der Waals surface area contributed by atoms with Gasteiger partial charge < -0.3 is 5.32 Å². The highest BCUT2D eigenvalue weighted by Crippen LogP contribution is 2.41. The van der Waals surface area contributed by atoms with Gasteiger partial charge in [0, 0.05) is 12.5 Å². The molecule has 1 N–H and O–H groups in total. The summed E-state index contributed by atoms with van der Waals surface area (Å²) >= 11 is 0. The molecular weight excluding hydrogens is 162 g/mol. The van der Waals surface area contributed by atoms with E-state index in [0.29, 0.717) is 11.5 Å². The number of hydrogen-bond acceptors (Lipinski definition) is 1. The quantitative estimate of drug-likeness (QED) is 0.609. The molecule has 0 bridgehead atoms. The van der Waals surface area contributed by atoms with Crippen LogP contribution in [0.4, 0.5) is 0 Å². The Kier molecular flexibility index (Phi) is 2.09. The van der Waals surface area contributed by atoms with Gasteiger partial charge in [-0.3, -0.25) is 4.79 Å². The lowest BCUT2D eigenvalue weighted by Crippen LogP contribution is -2.49. The summed E-state index contributed by atoms with van der Waals surface area (Å²) in [7, 11) is 0. The molecule has 0 radical (unpaired) electrons. The normalized spacial score (nSPS) is 37.8. The summed E-state index contributed by atoms with van der Waals surface area (Å²) in [5, 5.41) is 3.12. The third kappa shape index (κ3) is 1.87. The molecule has 1 saturated heterocycles. The molecule has 0 aromatic carbocycles. The van der Waals surface area contributed by atoms with Gasteiger partial charge in [-0.15, -0.1) is 0 Å². The van der Waals surface area contributed by atoms with Crippen molar-refractivity contribution in [2.24, 2.45) is 11.3 Å². The Labute approximate surface area is 80.1 Å². The van der Waals surface area contributed by atoms with Gasteiger partial charge in [0.25, 0.3) is 0 Å². The van der Waals surface area contributed by atoms with E-state index >= 15 is 0 Å². The first kappa shape index (κ1) is 9.04. The van der Waals surface area contributed by atoms with Crippen molar-refractivity contribution < 1.29 is 4.79 Å². The lowest BCUT2D eigenvalue weighted by molar-refractivity contribution is -0.125. The van der Waals surface area contributed by atoms with Gasteiger partial charge in [0.15, 0.2) is 0 Å². The van der Waals surface area contributed by atoms with Crippen molar-refractivity contribution in [1.29, 1.82) is 0 Å². The van der Waals surface area contributed by atoms with Gasteiger partial charge in [-0.25, -0.2) is 0 Å². The molecule has 1 aliphatic heterocycles. The summed E-state index contributed by atoms with van der Waals surface area (Å²) in [4.78, 5) is 11.2. The minimum atomic E-state index is 0.265. The van der Waals surface area contributed by atoms with Gasteiger partial charge in [-0.2, -0.15) is 0 Å². The fraction of sp³-hybridized carbons (Fsp3) is 0.909. The lowest BCUT2D eigenvalue weighted by atomic mass is 9.67. The van der Waals surface area contributed by atoms with Crippen LogP contribution in [0.5, 0.6) is 0 Å². The molecule has 2 atom stereocenters. The number of rotatable bonds is 0. The Hall–Kier alpha value is -0.530. The van der Waals surface area contributed by atoms with Crippen molar-refractivity contribution in [3.63, 3.8) is 0 Å². The molecule has 0 spiro atoms. The fourth-order valence-electron chi connectivity index (χ4n) is 2.82. The second kappa shape index (κ2) is 3.00. The van der Waals surface area contributed by atoms with Crippen molar-refractivity contribution in [2.45, 2.75) is 52.0 Å². The Morgan fingerprint density at radius 1 is 1.38 bits per heavy atom. The van der Waals surface area contributed by atoms with Crippen LogP contribution in [0, 0.1) is 11.3 Å². The van der Waals surface area contributed by atoms with Crippen LogP contribution in [0.25, 0.3) is 0 Å². The predicted molar refractivity (Wildman–Crippen MR) is 52.3 cm³/mol. The van der Waals surface area contributed by atoms with Gasteiger partial charge in [0.05, 0.1) is 0 Å². The monoisotopic (exact) mass is 181 g/mol. The van der Waals surface area contributed by atoms with E-state index in [1.165, 1.54) is 19.3 Å². The number of hydrogen-bond donors (Lipinski definition) is 1. The zero-order chi connectivity index (χ0) is 9.47. The van der Waals surface area contributed by atoms with Crippen molar-refractivity contribution in [3.8, 4) is 0 Å². The van der Waals surface area contributed by atoms with Crippen LogP contribution < -0.4 is 5.32 Å². The number of carbonyl (C=O) groups is 1. The molecular formula is C11H19NO. The minimum Gasteiger partial charge on any atom is -0.353 e. The molecule has 2 fully saturated rings. The highest BCUT2D eigenvalue weighted by Gasteiger charge is 2.37. The van der Waals surface area contributed by atoms with E-state index in [2.05, 4.69) is 19.2 Å². The number of amides is 1. The molecule has 1 heterocycles. The van der Waals surface area contributed by atoms with Gasteiger partial charge in [-0.1, -0.05) is 13.8 Å². The molecule has 0 unspecified atom stereocenters. The SMILES string of the molecule is CC1(C)CC[C@@H]2NC(=O)CC[C@H]2C1. The van der Waals surface area contributed by atoms with Crippen LogP contribution in [0.3, 0.4) is 0 Å². The van der Waals surface area contributed by atoms with E-state index in [1.807, 2.05) is 0 Å². The first-order chi connectivity index (χ1) is 6.07. The van der Waals surface area contributed by atoms with E-state index < -0.39 is 0 Å². The van der Waals surface area contributed by atoms with E-state index in [-0.39, 0.29) is 5.91 Å². The molecule has 2 heteroatoms. The molecule has 74 valence electrons. The number of piperidine rings is 1. The van der Waals surface area contributed by atoms with Crippen LogP contribution in [0.15, 0.2) is 0 Å². The van der Waals surface area contributed by atoms with Gasteiger partial charge >= 0.3 is 0 Å². The van der Waals surface area contributed by atoms with Gasteiger partial charge in [0.2, 0.25) is 5.91 Å². The zero-order valence-electron chi connectivity index (χ0n) is 8.60. The first-order valence-corrected chi connectivity index (χ1v) is 5.36. The average molecular weight is 181 g/mol. The molecule has 1 saturated carbocycles. The summed E-state index contributed by atoms with van der Waals surface area (Å²) < 4.78 is 0. The smallest absolute Gasteiger partial charge is 0.220 e. The Morgan fingerprint density at radius 3 is 2.92 bits per heavy atom. The van der Waals surface area contributed by atoms with Crippen LogP contribution in [-0.2, 0) is 4.79 Å². The summed E-state index contributed by atoms with van der Waals surface area (Å²) in [6.45, 7) is 4.69. The van der Waals surface area contributed by atoms with Crippen molar-refractivity contribution in [1.82, 2.24) is 5.32 Å². The molecule has 13 heavy (non-hydrogen) atoms. The molecule has 0 aromatic rings. The van der Waals surface area contributed by atoms with Crippen molar-refractivity contribution in [2.75, 3.05) is 0 Å². The van der Waals surface area contributed by atoms with Crippen LogP contribution in [-0.4, -0.2) is 11.9 Å². The maximum atomic E-state index is 11.2. The number of nitrogens with one attached hydrogen (secondary N) is 1. The van der Waals surface area contributed by atoms with Crippen molar-refractivity contribution in [3.05, 3.63) is 0 Å². The average Bonchev–Trinajstić information content (AvgIpc) is 2.05. The topological polar surface area (TPSA) is 29.1 Å². The largest absolute Gasteiger partial charge is 0.353 e. The Morgan fingerprint density at radius 2 is 2.15 bits per heavy atom. The molecule has 1 aliphatic carbocycles. The number of fused-ring (bicyclic) bond motifs is 1. The zero-order valence-corrected chi connectivity index (χ0v) is 8.60. The summed E-state index contributed by atoms with van der Waals surface area (Å²) in [6, 6.07) is 0.495. The van der Waals surface area contributed by atoms with E-state index in [0.717, 1.165) is 18.8 Å². The van der Waals surface area contributed by atoms with E-state index in [1.54, 1.807) is 0 Å². The summed E-state index contributed by atoms with van der Waals surface area (Å²) in [6.07, 6.45) is 5.59. The maximum absolute atomic E-state index is 11.2. The third-order valence-corrected chi connectivity index (χ3v) is 3.60. The molecule has 2 nitrogen and oxygen atoms in total. The first-order valence-electron chi connectivity index (χ1n) is 5.36. The summed E-state index contributed by atoms with van der Waals surface area (Å²) in [5.41, 5.74) is 0.503. The summed E-state index contributed by atoms with van der Waals surface area (Å²) in [5.74, 6) is 1.02. The van der Waals surface area contributed by atoms with Crippen LogP contribution in [0.2, 0.25) is 0 Å².